The van der Waals surface area contributed by atoms with Gasteiger partial charge in [-0.1, -0.05) is 26.8 Å². The molecule has 1 aromatic carbocycles. The summed E-state index contributed by atoms with van der Waals surface area (Å²) in [5.41, 5.74) is 7.64. The number of carbonyl (C=O) groups is 1. The predicted octanol–water partition coefficient (Wildman–Crippen LogP) is 2.35. The highest BCUT2D eigenvalue weighted by molar-refractivity contribution is 5.96. The van der Waals surface area contributed by atoms with Crippen LogP contribution in [0.1, 0.15) is 32.8 Å². The van der Waals surface area contributed by atoms with Crippen LogP contribution in [0.3, 0.4) is 0 Å². The van der Waals surface area contributed by atoms with Gasteiger partial charge >= 0.3 is 0 Å². The molecule has 2 rings (SSSR count). The van der Waals surface area contributed by atoms with Crippen molar-refractivity contribution >= 4 is 11.6 Å². The number of hydrogen-bond acceptors (Lipinski definition) is 3. The fourth-order valence-electron chi connectivity index (χ4n) is 2.45. The molecule has 4 nitrogen and oxygen atoms in total. The van der Waals surface area contributed by atoms with Gasteiger partial charge in [-0.15, -0.1) is 0 Å². The summed E-state index contributed by atoms with van der Waals surface area (Å²) in [6, 6.07) is 6.03. The van der Waals surface area contributed by atoms with Crippen LogP contribution in [0.2, 0.25) is 0 Å². The van der Waals surface area contributed by atoms with Gasteiger partial charge in [0.05, 0.1) is 12.2 Å². The summed E-state index contributed by atoms with van der Waals surface area (Å²) in [5.74, 6) is 0.937. The largest absolute Gasteiger partial charge is 0.486 e. The number of nitrogens with zero attached hydrogens (tertiary/aromatic N) is 1. The Morgan fingerprint density at radius 3 is 2.85 bits per heavy atom. The van der Waals surface area contributed by atoms with Crippen LogP contribution < -0.4 is 15.4 Å². The predicted molar refractivity (Wildman–Crippen MR) is 81.1 cm³/mol. The van der Waals surface area contributed by atoms with Gasteiger partial charge in [0.1, 0.15) is 11.9 Å². The molecule has 1 heterocycles. The maximum Gasteiger partial charge on any atom is 0.229 e. The number of benzene rings is 1. The number of nitrogens with two attached hydrogens (primary N) is 1. The molecule has 1 unspecified atom stereocenters. The van der Waals surface area contributed by atoms with Gasteiger partial charge in [-0.25, -0.2) is 0 Å². The monoisotopic (exact) mass is 276 g/mol. The number of rotatable bonds is 4. The van der Waals surface area contributed by atoms with E-state index >= 15 is 0 Å². The van der Waals surface area contributed by atoms with E-state index in [9.17, 15) is 4.79 Å². The molecular formula is C16H24N2O2. The Bertz CT molecular complexity index is 485. The van der Waals surface area contributed by atoms with Gasteiger partial charge in [-0.3, -0.25) is 4.79 Å². The first kappa shape index (κ1) is 14.9. The number of fused-ring (bicyclic) bond motifs is 1. The first-order chi connectivity index (χ1) is 9.56. The van der Waals surface area contributed by atoms with E-state index in [0.29, 0.717) is 13.1 Å². The number of anilines is 1. The fourth-order valence-corrected chi connectivity index (χ4v) is 2.45. The molecule has 0 bridgehead atoms. The van der Waals surface area contributed by atoms with E-state index in [1.807, 2.05) is 36.9 Å². The molecule has 2 N–H and O–H groups in total. The normalized spacial score (nSPS) is 17.9. The molecule has 20 heavy (non-hydrogen) atoms. The Morgan fingerprint density at radius 1 is 1.50 bits per heavy atom. The third kappa shape index (κ3) is 2.96. The van der Waals surface area contributed by atoms with Crippen molar-refractivity contribution in [3.05, 3.63) is 23.8 Å². The van der Waals surface area contributed by atoms with Crippen LogP contribution in [0.4, 0.5) is 5.69 Å². The SMILES string of the molecule is CCC1CN(C(=O)C(C)C)c2cc(CCN)ccc2O1. The molecule has 1 aliphatic heterocycles. The van der Waals surface area contributed by atoms with Crippen molar-refractivity contribution in [1.29, 1.82) is 0 Å². The summed E-state index contributed by atoms with van der Waals surface area (Å²) in [4.78, 5) is 14.3. The standard InChI is InChI=1S/C16H24N2O2/c1-4-13-10-18(16(19)11(2)3)14-9-12(7-8-17)5-6-15(14)20-13/h5-6,9,11,13H,4,7-8,10,17H2,1-3H3. The number of carbonyl (C=O) groups excluding carboxylic acids is 1. The number of hydrogen-bond donors (Lipinski definition) is 1. The fraction of sp³-hybridized carbons (Fsp3) is 0.562. The summed E-state index contributed by atoms with van der Waals surface area (Å²) in [6.45, 7) is 7.18. The Labute approximate surface area is 120 Å². The minimum atomic E-state index is -0.0170. The Balaban J connectivity index is 2.38. The highest BCUT2D eigenvalue weighted by atomic mass is 16.5. The molecule has 1 aliphatic rings. The molecule has 0 aromatic heterocycles. The van der Waals surface area contributed by atoms with Crippen LogP contribution in [0.5, 0.6) is 5.75 Å². The molecule has 1 aromatic rings. The highest BCUT2D eigenvalue weighted by Gasteiger charge is 2.30. The molecule has 0 radical (unpaired) electrons. The van der Waals surface area contributed by atoms with Gasteiger partial charge in [-0.2, -0.15) is 0 Å². The van der Waals surface area contributed by atoms with Crippen LogP contribution in [-0.2, 0) is 11.2 Å². The van der Waals surface area contributed by atoms with Crippen molar-refractivity contribution in [2.45, 2.75) is 39.7 Å². The van der Waals surface area contributed by atoms with Crippen molar-refractivity contribution in [2.24, 2.45) is 11.7 Å². The zero-order valence-electron chi connectivity index (χ0n) is 12.6. The molecule has 4 heteroatoms. The second kappa shape index (κ2) is 6.27. The summed E-state index contributed by atoms with van der Waals surface area (Å²) in [5, 5.41) is 0. The topological polar surface area (TPSA) is 55.6 Å². The van der Waals surface area contributed by atoms with Gasteiger partial charge in [0.2, 0.25) is 5.91 Å². The first-order valence-corrected chi connectivity index (χ1v) is 7.37. The van der Waals surface area contributed by atoms with Gasteiger partial charge in [0.15, 0.2) is 0 Å². The third-order valence-electron chi connectivity index (χ3n) is 3.64. The number of amides is 1. The van der Waals surface area contributed by atoms with E-state index in [2.05, 4.69) is 6.92 Å². The smallest absolute Gasteiger partial charge is 0.229 e. The maximum absolute atomic E-state index is 12.4. The quantitative estimate of drug-likeness (QED) is 0.918. The lowest BCUT2D eigenvalue weighted by molar-refractivity contribution is -0.121. The Hall–Kier alpha value is -1.55. The van der Waals surface area contributed by atoms with Crippen LogP contribution >= 0.6 is 0 Å². The van der Waals surface area contributed by atoms with Crippen molar-refractivity contribution in [3.63, 3.8) is 0 Å². The molecule has 110 valence electrons. The summed E-state index contributed by atoms with van der Waals surface area (Å²) < 4.78 is 5.95. The lowest BCUT2D eigenvalue weighted by Crippen LogP contribution is -2.45. The summed E-state index contributed by atoms with van der Waals surface area (Å²) in [7, 11) is 0. The highest BCUT2D eigenvalue weighted by Crippen LogP contribution is 2.35. The molecule has 0 aliphatic carbocycles. The molecule has 0 saturated heterocycles. The zero-order chi connectivity index (χ0) is 14.7. The minimum absolute atomic E-state index is 0.0170. The molecule has 0 saturated carbocycles. The van der Waals surface area contributed by atoms with Gasteiger partial charge in [0, 0.05) is 5.92 Å². The average molecular weight is 276 g/mol. The van der Waals surface area contributed by atoms with Crippen LogP contribution in [0, 0.1) is 5.92 Å². The van der Waals surface area contributed by atoms with Gasteiger partial charge < -0.3 is 15.4 Å². The average Bonchev–Trinajstić information content (AvgIpc) is 2.45. The van der Waals surface area contributed by atoms with Gasteiger partial charge in [0.25, 0.3) is 0 Å². The molecule has 1 amide bonds. The van der Waals surface area contributed by atoms with E-state index in [1.165, 1.54) is 0 Å². The van der Waals surface area contributed by atoms with Crippen molar-refractivity contribution in [2.75, 3.05) is 18.0 Å². The summed E-state index contributed by atoms with van der Waals surface area (Å²) in [6.07, 6.45) is 1.78. The lowest BCUT2D eigenvalue weighted by Gasteiger charge is -2.35. The Morgan fingerprint density at radius 2 is 2.25 bits per heavy atom. The Kier molecular flexibility index (Phi) is 4.65. The van der Waals surface area contributed by atoms with Crippen LogP contribution in [0.25, 0.3) is 0 Å². The van der Waals surface area contributed by atoms with E-state index in [0.717, 1.165) is 29.8 Å². The first-order valence-electron chi connectivity index (χ1n) is 7.37. The van der Waals surface area contributed by atoms with E-state index in [-0.39, 0.29) is 17.9 Å². The zero-order valence-corrected chi connectivity index (χ0v) is 12.6. The van der Waals surface area contributed by atoms with Crippen LogP contribution in [-0.4, -0.2) is 25.1 Å². The third-order valence-corrected chi connectivity index (χ3v) is 3.64. The molecule has 0 spiro atoms. The second-order valence-electron chi connectivity index (χ2n) is 5.59. The van der Waals surface area contributed by atoms with E-state index in [1.54, 1.807) is 0 Å². The maximum atomic E-state index is 12.4. The van der Waals surface area contributed by atoms with Crippen LogP contribution in [0.15, 0.2) is 18.2 Å². The molecule has 1 atom stereocenters. The second-order valence-corrected chi connectivity index (χ2v) is 5.59. The van der Waals surface area contributed by atoms with E-state index in [4.69, 9.17) is 10.5 Å². The molecular weight excluding hydrogens is 252 g/mol. The van der Waals surface area contributed by atoms with Crippen molar-refractivity contribution < 1.29 is 9.53 Å². The van der Waals surface area contributed by atoms with Crippen molar-refractivity contribution in [3.8, 4) is 5.75 Å². The van der Waals surface area contributed by atoms with Gasteiger partial charge in [-0.05, 0) is 37.1 Å². The minimum Gasteiger partial charge on any atom is -0.486 e. The lowest BCUT2D eigenvalue weighted by atomic mass is 10.1. The summed E-state index contributed by atoms with van der Waals surface area (Å²) >= 11 is 0. The van der Waals surface area contributed by atoms with Crippen molar-refractivity contribution in [1.82, 2.24) is 0 Å². The number of ether oxygens (including phenoxy) is 1. The van der Waals surface area contributed by atoms with E-state index < -0.39 is 0 Å². The molecule has 0 fully saturated rings.